The van der Waals surface area contributed by atoms with E-state index in [1.165, 1.54) is 4.90 Å². The van der Waals surface area contributed by atoms with Crippen molar-refractivity contribution in [2.75, 3.05) is 6.73 Å². The summed E-state index contributed by atoms with van der Waals surface area (Å²) in [5, 5.41) is 11.1. The third kappa shape index (κ3) is 4.71. The first-order valence-corrected chi connectivity index (χ1v) is 10.2. The molecule has 3 aromatic rings. The standard InChI is InChI=1S/C25H25NO5/c1-19-25(28,31-18-26(19)24(27)30-17-21-10-6-3-7-11-21)22-12-14-23(15-13-22)29-16-20-8-4-2-5-9-20/h2-15,19,28H,16-18H2,1H3/t19-,25?/m1/s1. The van der Waals surface area contributed by atoms with Crippen LogP contribution in [0.15, 0.2) is 84.9 Å². The molecule has 0 spiro atoms. The SMILES string of the molecule is C[C@H]1N(C(=O)OCc2ccccc2)COC1(O)c1ccc(OCc2ccccc2)cc1. The second-order valence-electron chi connectivity index (χ2n) is 7.45. The summed E-state index contributed by atoms with van der Waals surface area (Å²) in [6.07, 6.45) is -0.532. The number of carbonyl (C=O) groups excluding carboxylic acids is 1. The summed E-state index contributed by atoms with van der Waals surface area (Å²) < 4.78 is 16.8. The minimum Gasteiger partial charge on any atom is -0.489 e. The van der Waals surface area contributed by atoms with Crippen molar-refractivity contribution >= 4 is 6.09 Å². The van der Waals surface area contributed by atoms with Crippen molar-refractivity contribution < 1.29 is 24.1 Å². The second kappa shape index (κ2) is 9.20. The van der Waals surface area contributed by atoms with Crippen molar-refractivity contribution in [2.24, 2.45) is 0 Å². The first kappa shape index (κ1) is 20.9. The predicted octanol–water partition coefficient (Wildman–Crippen LogP) is 4.43. The van der Waals surface area contributed by atoms with Crippen LogP contribution in [0.1, 0.15) is 23.6 Å². The van der Waals surface area contributed by atoms with E-state index in [0.29, 0.717) is 17.9 Å². The Kier molecular flexibility index (Phi) is 6.21. The maximum absolute atomic E-state index is 12.5. The molecule has 0 radical (unpaired) electrons. The molecule has 0 bridgehead atoms. The van der Waals surface area contributed by atoms with Gasteiger partial charge in [0.25, 0.3) is 0 Å². The van der Waals surface area contributed by atoms with Crippen LogP contribution in [-0.4, -0.2) is 28.9 Å². The monoisotopic (exact) mass is 419 g/mol. The number of ether oxygens (including phenoxy) is 3. The van der Waals surface area contributed by atoms with E-state index in [1.54, 1.807) is 31.2 Å². The minimum absolute atomic E-state index is 0.0580. The minimum atomic E-state index is -1.62. The van der Waals surface area contributed by atoms with E-state index in [2.05, 4.69) is 0 Å². The number of hydrogen-bond acceptors (Lipinski definition) is 5. The quantitative estimate of drug-likeness (QED) is 0.640. The average molecular weight is 419 g/mol. The van der Waals surface area contributed by atoms with E-state index in [9.17, 15) is 9.90 Å². The molecule has 0 saturated carbocycles. The summed E-state index contributed by atoms with van der Waals surface area (Å²) in [5.41, 5.74) is 2.51. The second-order valence-corrected chi connectivity index (χ2v) is 7.45. The molecule has 4 rings (SSSR count). The fourth-order valence-corrected chi connectivity index (χ4v) is 3.48. The molecule has 0 aliphatic carbocycles. The van der Waals surface area contributed by atoms with Gasteiger partial charge in [0.15, 0.2) is 0 Å². The van der Waals surface area contributed by atoms with Crippen molar-refractivity contribution in [1.29, 1.82) is 0 Å². The molecule has 1 unspecified atom stereocenters. The smallest absolute Gasteiger partial charge is 0.412 e. The van der Waals surface area contributed by atoms with E-state index < -0.39 is 17.9 Å². The molecule has 6 nitrogen and oxygen atoms in total. The van der Waals surface area contributed by atoms with Crippen LogP contribution in [0.25, 0.3) is 0 Å². The number of carbonyl (C=O) groups is 1. The highest BCUT2D eigenvalue weighted by Gasteiger charge is 2.48. The van der Waals surface area contributed by atoms with Gasteiger partial charge in [-0.2, -0.15) is 0 Å². The van der Waals surface area contributed by atoms with Gasteiger partial charge in [-0.25, -0.2) is 4.79 Å². The molecule has 31 heavy (non-hydrogen) atoms. The van der Waals surface area contributed by atoms with Gasteiger partial charge in [-0.05, 0) is 42.3 Å². The molecule has 1 fully saturated rings. The van der Waals surface area contributed by atoms with Crippen LogP contribution in [0.5, 0.6) is 5.75 Å². The van der Waals surface area contributed by atoms with Crippen molar-refractivity contribution in [2.45, 2.75) is 32.0 Å². The van der Waals surface area contributed by atoms with E-state index in [4.69, 9.17) is 14.2 Å². The zero-order chi connectivity index (χ0) is 21.7. The lowest BCUT2D eigenvalue weighted by molar-refractivity contribution is -0.185. The molecule has 1 heterocycles. The van der Waals surface area contributed by atoms with Crippen LogP contribution < -0.4 is 4.74 Å². The van der Waals surface area contributed by atoms with E-state index in [1.807, 2.05) is 60.7 Å². The van der Waals surface area contributed by atoms with Crippen LogP contribution in [0, 0.1) is 0 Å². The summed E-state index contributed by atoms with van der Waals surface area (Å²) in [5.74, 6) is -0.940. The van der Waals surface area contributed by atoms with Crippen LogP contribution in [0.3, 0.4) is 0 Å². The van der Waals surface area contributed by atoms with Crippen LogP contribution in [0.4, 0.5) is 4.79 Å². The van der Waals surface area contributed by atoms with Crippen LogP contribution >= 0.6 is 0 Å². The lowest BCUT2D eigenvalue weighted by Gasteiger charge is -2.28. The summed E-state index contributed by atoms with van der Waals surface area (Å²) in [6.45, 7) is 2.29. The summed E-state index contributed by atoms with van der Waals surface area (Å²) in [6, 6.07) is 25.8. The fraction of sp³-hybridized carbons (Fsp3) is 0.240. The molecule has 160 valence electrons. The first-order chi connectivity index (χ1) is 15.1. The average Bonchev–Trinajstić information content (AvgIpc) is 3.13. The highest BCUT2D eigenvalue weighted by molar-refractivity contribution is 5.68. The van der Waals surface area contributed by atoms with Crippen molar-refractivity contribution in [1.82, 2.24) is 4.90 Å². The number of amides is 1. The molecule has 1 saturated heterocycles. The third-order valence-corrected chi connectivity index (χ3v) is 5.41. The van der Waals surface area contributed by atoms with Crippen molar-refractivity contribution in [3.8, 4) is 5.75 Å². The summed E-state index contributed by atoms with van der Waals surface area (Å²) >= 11 is 0. The van der Waals surface area contributed by atoms with Crippen LogP contribution in [-0.2, 0) is 28.5 Å². The van der Waals surface area contributed by atoms with E-state index in [-0.39, 0.29) is 13.3 Å². The molecule has 1 aliphatic rings. The molecule has 1 N–H and O–H groups in total. The number of aliphatic hydroxyl groups is 1. The Morgan fingerprint density at radius 3 is 2.16 bits per heavy atom. The Morgan fingerprint density at radius 2 is 1.55 bits per heavy atom. The maximum atomic E-state index is 12.5. The lowest BCUT2D eigenvalue weighted by atomic mass is 9.99. The highest BCUT2D eigenvalue weighted by atomic mass is 16.7. The fourth-order valence-electron chi connectivity index (χ4n) is 3.48. The molecule has 0 aromatic heterocycles. The van der Waals surface area contributed by atoms with Gasteiger partial charge < -0.3 is 19.3 Å². The molecule has 2 atom stereocenters. The van der Waals surface area contributed by atoms with E-state index >= 15 is 0 Å². The van der Waals surface area contributed by atoms with Gasteiger partial charge in [-0.15, -0.1) is 0 Å². The Morgan fingerprint density at radius 1 is 0.968 bits per heavy atom. The summed E-state index contributed by atoms with van der Waals surface area (Å²) in [7, 11) is 0. The molecular weight excluding hydrogens is 394 g/mol. The molecular formula is C25H25NO5. The number of benzene rings is 3. The molecule has 3 aromatic carbocycles. The van der Waals surface area contributed by atoms with Gasteiger partial charge in [0.05, 0.1) is 6.04 Å². The predicted molar refractivity (Wildman–Crippen MR) is 115 cm³/mol. The van der Waals surface area contributed by atoms with Crippen LogP contribution in [0.2, 0.25) is 0 Å². The molecule has 1 aliphatic heterocycles. The highest BCUT2D eigenvalue weighted by Crippen LogP contribution is 2.36. The zero-order valence-corrected chi connectivity index (χ0v) is 17.3. The molecule has 1 amide bonds. The maximum Gasteiger partial charge on any atom is 0.412 e. The lowest BCUT2D eigenvalue weighted by Crippen LogP contribution is -2.43. The van der Waals surface area contributed by atoms with Gasteiger partial charge in [0.2, 0.25) is 5.79 Å². The Balaban J connectivity index is 1.37. The Hall–Kier alpha value is -3.35. The van der Waals surface area contributed by atoms with Gasteiger partial charge in [-0.3, -0.25) is 4.90 Å². The normalized spacial score (nSPS) is 20.5. The number of hydrogen-bond donors (Lipinski definition) is 1. The Bertz CT molecular complexity index is 993. The largest absolute Gasteiger partial charge is 0.489 e. The van der Waals surface area contributed by atoms with Gasteiger partial charge >= 0.3 is 6.09 Å². The van der Waals surface area contributed by atoms with Gasteiger partial charge in [0.1, 0.15) is 25.7 Å². The summed E-state index contributed by atoms with van der Waals surface area (Å²) in [4.78, 5) is 13.9. The topological polar surface area (TPSA) is 68.2 Å². The third-order valence-electron chi connectivity index (χ3n) is 5.41. The molecule has 6 heteroatoms. The zero-order valence-electron chi connectivity index (χ0n) is 17.3. The van der Waals surface area contributed by atoms with Crippen molar-refractivity contribution in [3.63, 3.8) is 0 Å². The Labute approximate surface area is 181 Å². The number of nitrogens with zero attached hydrogens (tertiary/aromatic N) is 1. The van der Waals surface area contributed by atoms with Gasteiger partial charge in [0, 0.05) is 5.56 Å². The van der Waals surface area contributed by atoms with Gasteiger partial charge in [-0.1, -0.05) is 60.7 Å². The van der Waals surface area contributed by atoms with E-state index in [0.717, 1.165) is 11.1 Å². The number of rotatable bonds is 6. The first-order valence-electron chi connectivity index (χ1n) is 10.2. The van der Waals surface area contributed by atoms with Crippen molar-refractivity contribution in [3.05, 3.63) is 102 Å².